The Bertz CT molecular complexity index is 460. The van der Waals surface area contributed by atoms with Gasteiger partial charge in [-0.2, -0.15) is 0 Å². The molecule has 0 spiro atoms. The van der Waals surface area contributed by atoms with Gasteiger partial charge in [0.25, 0.3) is 0 Å². The zero-order valence-electron chi connectivity index (χ0n) is 12.8. The van der Waals surface area contributed by atoms with Gasteiger partial charge >= 0.3 is 0 Å². The van der Waals surface area contributed by atoms with E-state index < -0.39 is 0 Å². The van der Waals surface area contributed by atoms with Crippen LogP contribution in [0.1, 0.15) is 56.6 Å². The van der Waals surface area contributed by atoms with Gasteiger partial charge in [0.1, 0.15) is 5.82 Å². The van der Waals surface area contributed by atoms with Gasteiger partial charge in [-0.1, -0.05) is 25.0 Å². The van der Waals surface area contributed by atoms with E-state index in [1.54, 1.807) is 12.1 Å². The molecule has 21 heavy (non-hydrogen) atoms. The van der Waals surface area contributed by atoms with E-state index in [-0.39, 0.29) is 11.9 Å². The summed E-state index contributed by atoms with van der Waals surface area (Å²) < 4.78 is 13.3. The fraction of sp³-hybridized carbons (Fsp3) is 0.667. The summed E-state index contributed by atoms with van der Waals surface area (Å²) in [5.41, 5.74) is 7.18. The lowest BCUT2D eigenvalue weighted by molar-refractivity contribution is 0.0586. The Kier molecular flexibility index (Phi) is 4.91. The van der Waals surface area contributed by atoms with Gasteiger partial charge in [0, 0.05) is 18.6 Å². The van der Waals surface area contributed by atoms with Crippen LogP contribution < -0.4 is 5.73 Å². The first-order chi connectivity index (χ1) is 10.2. The molecule has 3 heteroatoms. The van der Waals surface area contributed by atoms with Crippen molar-refractivity contribution in [2.24, 2.45) is 11.7 Å². The summed E-state index contributed by atoms with van der Waals surface area (Å²) in [6.45, 7) is 2.27. The maximum atomic E-state index is 13.3. The van der Waals surface area contributed by atoms with Crippen molar-refractivity contribution in [3.05, 3.63) is 35.6 Å². The van der Waals surface area contributed by atoms with E-state index >= 15 is 0 Å². The first-order valence-corrected chi connectivity index (χ1v) is 8.49. The second kappa shape index (κ2) is 6.89. The van der Waals surface area contributed by atoms with Crippen LogP contribution in [-0.4, -0.2) is 24.0 Å². The van der Waals surface area contributed by atoms with Crippen molar-refractivity contribution < 1.29 is 4.39 Å². The van der Waals surface area contributed by atoms with E-state index in [2.05, 4.69) is 4.90 Å². The van der Waals surface area contributed by atoms with Crippen molar-refractivity contribution in [1.82, 2.24) is 4.90 Å². The topological polar surface area (TPSA) is 29.3 Å². The Hall–Kier alpha value is -0.930. The molecule has 1 aromatic rings. The monoisotopic (exact) mass is 290 g/mol. The molecule has 116 valence electrons. The van der Waals surface area contributed by atoms with Gasteiger partial charge in [-0.3, -0.25) is 0 Å². The molecule has 1 heterocycles. The molecule has 0 amide bonds. The van der Waals surface area contributed by atoms with E-state index in [0.717, 1.165) is 30.5 Å². The highest BCUT2D eigenvalue weighted by Gasteiger charge is 2.32. The summed E-state index contributed by atoms with van der Waals surface area (Å²) in [6.07, 6.45) is 9.24. The van der Waals surface area contributed by atoms with Gasteiger partial charge in [-0.15, -0.1) is 0 Å². The summed E-state index contributed by atoms with van der Waals surface area (Å²) in [7, 11) is 0. The summed E-state index contributed by atoms with van der Waals surface area (Å²) in [5.74, 6) is 0.728. The van der Waals surface area contributed by atoms with Crippen LogP contribution in [-0.2, 0) is 0 Å². The van der Waals surface area contributed by atoms with Gasteiger partial charge in [0.2, 0.25) is 0 Å². The molecule has 1 aliphatic carbocycles. The lowest BCUT2D eigenvalue weighted by atomic mass is 9.78. The number of hydrogen-bond acceptors (Lipinski definition) is 2. The number of rotatable bonds is 4. The molecule has 2 fully saturated rings. The van der Waals surface area contributed by atoms with Gasteiger partial charge in [0.05, 0.1) is 0 Å². The molecular formula is C18H27FN2. The summed E-state index contributed by atoms with van der Waals surface area (Å²) >= 11 is 0. The Morgan fingerprint density at radius 2 is 2.00 bits per heavy atom. The largest absolute Gasteiger partial charge is 0.324 e. The Balaban J connectivity index is 1.56. The average Bonchev–Trinajstić information content (AvgIpc) is 2.52. The van der Waals surface area contributed by atoms with Crippen molar-refractivity contribution in [3.8, 4) is 0 Å². The zero-order chi connectivity index (χ0) is 14.7. The van der Waals surface area contributed by atoms with Crippen molar-refractivity contribution >= 4 is 0 Å². The van der Waals surface area contributed by atoms with Crippen LogP contribution in [0.25, 0.3) is 0 Å². The smallest absolute Gasteiger partial charge is 0.123 e. The van der Waals surface area contributed by atoms with Crippen molar-refractivity contribution in [1.29, 1.82) is 0 Å². The maximum Gasteiger partial charge on any atom is 0.123 e. The SMILES string of the molecule is NC(CCN1CCC[C@H]2CCCC[C@H]21)c1cccc(F)c1. The predicted octanol–water partition coefficient (Wildman–Crippen LogP) is 3.87. The van der Waals surface area contributed by atoms with Crippen LogP contribution in [0, 0.1) is 11.7 Å². The molecule has 1 saturated carbocycles. The molecule has 1 saturated heterocycles. The minimum atomic E-state index is -0.187. The van der Waals surface area contributed by atoms with Crippen molar-refractivity contribution in [2.75, 3.05) is 13.1 Å². The zero-order valence-corrected chi connectivity index (χ0v) is 12.8. The molecule has 0 radical (unpaired) electrons. The number of halogens is 1. The number of likely N-dealkylation sites (tertiary alicyclic amines) is 1. The van der Waals surface area contributed by atoms with Crippen LogP contribution in [0.15, 0.2) is 24.3 Å². The van der Waals surface area contributed by atoms with E-state index in [1.165, 1.54) is 51.1 Å². The highest BCUT2D eigenvalue weighted by molar-refractivity contribution is 5.19. The number of piperidine rings is 1. The molecule has 3 rings (SSSR count). The van der Waals surface area contributed by atoms with E-state index in [0.29, 0.717) is 0 Å². The quantitative estimate of drug-likeness (QED) is 0.912. The van der Waals surface area contributed by atoms with Crippen LogP contribution in [0.4, 0.5) is 4.39 Å². The molecule has 0 bridgehead atoms. The van der Waals surface area contributed by atoms with Crippen LogP contribution in [0.3, 0.4) is 0 Å². The number of hydrogen-bond donors (Lipinski definition) is 1. The number of fused-ring (bicyclic) bond motifs is 1. The molecule has 2 N–H and O–H groups in total. The van der Waals surface area contributed by atoms with Gasteiger partial charge in [-0.05, 0) is 62.3 Å². The minimum Gasteiger partial charge on any atom is -0.324 e. The molecule has 1 aromatic carbocycles. The molecule has 0 aromatic heterocycles. The highest BCUT2D eigenvalue weighted by Crippen LogP contribution is 2.35. The molecule has 3 atom stereocenters. The molecule has 2 nitrogen and oxygen atoms in total. The lowest BCUT2D eigenvalue weighted by Gasteiger charge is -2.44. The van der Waals surface area contributed by atoms with E-state index in [9.17, 15) is 4.39 Å². The third kappa shape index (κ3) is 3.64. The summed E-state index contributed by atoms with van der Waals surface area (Å²) in [6, 6.07) is 7.48. The van der Waals surface area contributed by atoms with Gasteiger partial charge < -0.3 is 10.6 Å². The van der Waals surface area contributed by atoms with E-state index in [1.807, 2.05) is 6.07 Å². The molecule has 1 unspecified atom stereocenters. The molecule has 2 aliphatic rings. The van der Waals surface area contributed by atoms with Crippen LogP contribution in [0.2, 0.25) is 0 Å². The first-order valence-electron chi connectivity index (χ1n) is 8.49. The summed E-state index contributed by atoms with van der Waals surface area (Å²) in [4.78, 5) is 2.66. The molecule has 1 aliphatic heterocycles. The first kappa shape index (κ1) is 15.0. The van der Waals surface area contributed by atoms with Gasteiger partial charge in [-0.25, -0.2) is 4.39 Å². The van der Waals surface area contributed by atoms with E-state index in [4.69, 9.17) is 5.73 Å². The van der Waals surface area contributed by atoms with Crippen molar-refractivity contribution in [2.45, 2.75) is 57.0 Å². The predicted molar refractivity (Wildman–Crippen MR) is 84.5 cm³/mol. The third-order valence-electron chi connectivity index (χ3n) is 5.36. The van der Waals surface area contributed by atoms with Crippen molar-refractivity contribution in [3.63, 3.8) is 0 Å². The normalized spacial score (nSPS) is 28.1. The maximum absolute atomic E-state index is 13.3. The fourth-order valence-corrected chi connectivity index (χ4v) is 4.21. The Labute approximate surface area is 127 Å². The minimum absolute atomic E-state index is 0.0512. The van der Waals surface area contributed by atoms with Crippen LogP contribution in [0.5, 0.6) is 0 Å². The number of nitrogens with zero attached hydrogens (tertiary/aromatic N) is 1. The second-order valence-corrected chi connectivity index (χ2v) is 6.74. The fourth-order valence-electron chi connectivity index (χ4n) is 4.21. The standard InChI is InChI=1S/C18H27FN2/c19-16-8-3-6-15(13-16)17(20)10-12-21-11-4-7-14-5-1-2-9-18(14)21/h3,6,8,13-14,17-18H,1-2,4-5,7,9-12,20H2/t14-,17?,18-/m1/s1. The highest BCUT2D eigenvalue weighted by atomic mass is 19.1. The third-order valence-corrected chi connectivity index (χ3v) is 5.36. The van der Waals surface area contributed by atoms with Crippen LogP contribution >= 0.6 is 0 Å². The Morgan fingerprint density at radius 1 is 1.19 bits per heavy atom. The van der Waals surface area contributed by atoms with Gasteiger partial charge in [0.15, 0.2) is 0 Å². The second-order valence-electron chi connectivity index (χ2n) is 6.74. The lowest BCUT2D eigenvalue weighted by Crippen LogP contribution is -2.47. The Morgan fingerprint density at radius 3 is 2.86 bits per heavy atom. The average molecular weight is 290 g/mol. The summed E-state index contributed by atoms with van der Waals surface area (Å²) in [5, 5.41) is 0. The molecular weight excluding hydrogens is 263 g/mol. The number of benzene rings is 1. The number of nitrogens with two attached hydrogens (primary N) is 1.